The first-order valence-electron chi connectivity index (χ1n) is 5.45. The molecular formula is C13H13FN2OS. The minimum Gasteiger partial charge on any atom is -0.390 e. The van der Waals surface area contributed by atoms with Crippen LogP contribution in [-0.4, -0.2) is 5.91 Å². The Morgan fingerprint density at radius 3 is 2.61 bits per heavy atom. The highest BCUT2D eigenvalue weighted by atomic mass is 32.1. The third-order valence-corrected chi connectivity index (χ3v) is 3.37. The van der Waals surface area contributed by atoms with Crippen LogP contribution < -0.4 is 11.1 Å². The topological polar surface area (TPSA) is 55.1 Å². The highest BCUT2D eigenvalue weighted by Crippen LogP contribution is 2.23. The summed E-state index contributed by atoms with van der Waals surface area (Å²) < 4.78 is 12.7. The molecule has 18 heavy (non-hydrogen) atoms. The third kappa shape index (κ3) is 2.87. The Morgan fingerprint density at radius 2 is 2.06 bits per heavy atom. The van der Waals surface area contributed by atoms with E-state index in [0.717, 1.165) is 10.4 Å². The second kappa shape index (κ2) is 5.18. The largest absolute Gasteiger partial charge is 0.390 e. The van der Waals surface area contributed by atoms with Crippen LogP contribution in [0.1, 0.15) is 20.8 Å². The van der Waals surface area contributed by atoms with Crippen LogP contribution in [0.5, 0.6) is 0 Å². The summed E-state index contributed by atoms with van der Waals surface area (Å²) in [6.45, 7) is 2.26. The number of rotatable bonds is 3. The fourth-order valence-corrected chi connectivity index (χ4v) is 2.37. The average Bonchev–Trinajstić information content (AvgIpc) is 2.67. The predicted octanol–water partition coefficient (Wildman–Crippen LogP) is 2.71. The summed E-state index contributed by atoms with van der Waals surface area (Å²) >= 11 is 1.39. The van der Waals surface area contributed by atoms with Crippen molar-refractivity contribution < 1.29 is 9.18 Å². The minimum atomic E-state index is -0.289. The first-order valence-corrected chi connectivity index (χ1v) is 6.26. The maximum atomic E-state index is 12.7. The first-order chi connectivity index (χ1) is 8.56. The van der Waals surface area contributed by atoms with Crippen molar-refractivity contribution >= 4 is 22.2 Å². The summed E-state index contributed by atoms with van der Waals surface area (Å²) in [4.78, 5) is 12.9. The lowest BCUT2D eigenvalue weighted by Gasteiger charge is -2.04. The molecule has 0 saturated carbocycles. The van der Waals surface area contributed by atoms with Crippen LogP contribution in [-0.2, 0) is 6.54 Å². The van der Waals surface area contributed by atoms with E-state index in [0.29, 0.717) is 17.1 Å². The molecule has 3 N–H and O–H groups in total. The van der Waals surface area contributed by atoms with Crippen LogP contribution in [0, 0.1) is 12.7 Å². The van der Waals surface area contributed by atoms with Crippen molar-refractivity contribution in [3.05, 3.63) is 52.2 Å². The molecule has 0 spiro atoms. The normalized spacial score (nSPS) is 10.3. The van der Waals surface area contributed by atoms with E-state index in [4.69, 9.17) is 5.73 Å². The molecule has 0 aliphatic heterocycles. The fraction of sp³-hybridized carbons (Fsp3) is 0.154. The maximum Gasteiger partial charge on any atom is 0.254 e. The van der Waals surface area contributed by atoms with Crippen molar-refractivity contribution in [2.24, 2.45) is 0 Å². The van der Waals surface area contributed by atoms with E-state index in [9.17, 15) is 9.18 Å². The van der Waals surface area contributed by atoms with Crippen molar-refractivity contribution in [2.45, 2.75) is 13.5 Å². The molecule has 2 aromatic rings. The van der Waals surface area contributed by atoms with E-state index in [1.807, 2.05) is 6.92 Å². The van der Waals surface area contributed by atoms with Gasteiger partial charge in [-0.15, -0.1) is 11.3 Å². The van der Waals surface area contributed by atoms with E-state index >= 15 is 0 Å². The van der Waals surface area contributed by atoms with Crippen LogP contribution in [0.4, 0.5) is 9.39 Å². The number of hydrogen-bond donors (Lipinski definition) is 2. The zero-order chi connectivity index (χ0) is 13.1. The standard InChI is InChI=1S/C13H13FN2OS/c1-8-6-11(12(15)18-8)13(17)16-7-9-2-4-10(14)5-3-9/h2-6H,7,15H2,1H3,(H,16,17). The SMILES string of the molecule is Cc1cc(C(=O)NCc2ccc(F)cc2)c(N)s1. The van der Waals surface area contributed by atoms with Gasteiger partial charge in [-0.1, -0.05) is 12.1 Å². The van der Waals surface area contributed by atoms with Crippen LogP contribution >= 0.6 is 11.3 Å². The zero-order valence-electron chi connectivity index (χ0n) is 9.87. The summed E-state index contributed by atoms with van der Waals surface area (Å²) in [5, 5.41) is 3.27. The first kappa shape index (κ1) is 12.6. The summed E-state index contributed by atoms with van der Waals surface area (Å²) in [6, 6.07) is 7.77. The van der Waals surface area contributed by atoms with Crippen LogP contribution in [0.15, 0.2) is 30.3 Å². The lowest BCUT2D eigenvalue weighted by Crippen LogP contribution is -2.23. The van der Waals surface area contributed by atoms with E-state index in [1.54, 1.807) is 18.2 Å². The highest BCUT2D eigenvalue weighted by Gasteiger charge is 2.12. The maximum absolute atomic E-state index is 12.7. The molecule has 94 valence electrons. The summed E-state index contributed by atoms with van der Waals surface area (Å²) in [5.41, 5.74) is 7.08. The molecule has 0 radical (unpaired) electrons. The number of amides is 1. The molecule has 2 rings (SSSR count). The van der Waals surface area contributed by atoms with Crippen LogP contribution in [0.25, 0.3) is 0 Å². The van der Waals surface area contributed by atoms with Crippen LogP contribution in [0.3, 0.4) is 0 Å². The molecule has 0 unspecified atom stereocenters. The molecule has 0 aliphatic carbocycles. The number of anilines is 1. The monoisotopic (exact) mass is 264 g/mol. The third-order valence-electron chi connectivity index (χ3n) is 2.49. The van der Waals surface area contributed by atoms with E-state index in [2.05, 4.69) is 5.32 Å². The number of nitrogens with two attached hydrogens (primary N) is 1. The fourth-order valence-electron chi connectivity index (χ4n) is 1.59. The van der Waals surface area contributed by atoms with Crippen LogP contribution in [0.2, 0.25) is 0 Å². The van der Waals surface area contributed by atoms with Gasteiger partial charge in [0.05, 0.1) is 10.6 Å². The van der Waals surface area contributed by atoms with Gasteiger partial charge in [-0.25, -0.2) is 4.39 Å². The molecule has 0 bridgehead atoms. The molecule has 0 saturated heterocycles. The Kier molecular flexibility index (Phi) is 3.62. The van der Waals surface area contributed by atoms with Gasteiger partial charge in [0.15, 0.2) is 0 Å². The van der Waals surface area contributed by atoms with Gasteiger partial charge < -0.3 is 11.1 Å². The van der Waals surface area contributed by atoms with Gasteiger partial charge in [0.25, 0.3) is 5.91 Å². The van der Waals surface area contributed by atoms with Gasteiger partial charge in [0, 0.05) is 11.4 Å². The Hall–Kier alpha value is -1.88. The number of thiophene rings is 1. The number of benzene rings is 1. The molecule has 0 atom stereocenters. The number of nitrogens with one attached hydrogen (secondary N) is 1. The molecule has 1 aromatic heterocycles. The molecule has 1 heterocycles. The second-order valence-corrected chi connectivity index (χ2v) is 5.23. The number of nitrogen functional groups attached to an aromatic ring is 1. The molecule has 1 amide bonds. The molecule has 1 aromatic carbocycles. The van der Waals surface area contributed by atoms with Crippen molar-refractivity contribution in [1.29, 1.82) is 0 Å². The number of carbonyl (C=O) groups is 1. The highest BCUT2D eigenvalue weighted by molar-refractivity contribution is 7.16. The second-order valence-electron chi connectivity index (χ2n) is 3.94. The number of halogens is 1. The van der Waals surface area contributed by atoms with Crippen molar-refractivity contribution in [2.75, 3.05) is 5.73 Å². The number of carbonyl (C=O) groups excluding carboxylic acids is 1. The Bertz CT molecular complexity index is 563. The summed E-state index contributed by atoms with van der Waals surface area (Å²) in [7, 11) is 0. The Labute approximate surface area is 108 Å². The smallest absolute Gasteiger partial charge is 0.254 e. The van der Waals surface area contributed by atoms with Crippen molar-refractivity contribution in [1.82, 2.24) is 5.32 Å². The van der Waals surface area contributed by atoms with Crippen molar-refractivity contribution in [3.8, 4) is 0 Å². The van der Waals surface area contributed by atoms with Gasteiger partial charge in [-0.05, 0) is 30.7 Å². The minimum absolute atomic E-state index is 0.207. The molecule has 0 fully saturated rings. The average molecular weight is 264 g/mol. The van der Waals surface area contributed by atoms with Crippen molar-refractivity contribution in [3.63, 3.8) is 0 Å². The molecule has 5 heteroatoms. The van der Waals surface area contributed by atoms with Gasteiger partial charge in [-0.3, -0.25) is 4.79 Å². The Balaban J connectivity index is 2.00. The van der Waals surface area contributed by atoms with Gasteiger partial charge in [-0.2, -0.15) is 0 Å². The number of aryl methyl sites for hydroxylation is 1. The van der Waals surface area contributed by atoms with Gasteiger partial charge >= 0.3 is 0 Å². The lowest BCUT2D eigenvalue weighted by atomic mass is 10.2. The molecule has 0 aliphatic rings. The number of hydrogen-bond acceptors (Lipinski definition) is 3. The van der Waals surface area contributed by atoms with E-state index in [-0.39, 0.29) is 11.7 Å². The summed E-state index contributed by atoms with van der Waals surface area (Å²) in [5.74, 6) is -0.496. The van der Waals surface area contributed by atoms with E-state index < -0.39 is 0 Å². The predicted molar refractivity (Wildman–Crippen MR) is 71.0 cm³/mol. The molecular weight excluding hydrogens is 251 g/mol. The molecule has 3 nitrogen and oxygen atoms in total. The van der Waals surface area contributed by atoms with Gasteiger partial charge in [0.1, 0.15) is 5.82 Å². The van der Waals surface area contributed by atoms with Gasteiger partial charge in [0.2, 0.25) is 0 Å². The lowest BCUT2D eigenvalue weighted by molar-refractivity contribution is 0.0952. The summed E-state index contributed by atoms with van der Waals surface area (Å²) in [6.07, 6.45) is 0. The quantitative estimate of drug-likeness (QED) is 0.895. The van der Waals surface area contributed by atoms with E-state index in [1.165, 1.54) is 23.5 Å². The Morgan fingerprint density at radius 1 is 1.39 bits per heavy atom. The zero-order valence-corrected chi connectivity index (χ0v) is 10.7.